The van der Waals surface area contributed by atoms with Crippen molar-refractivity contribution in [2.75, 3.05) is 17.3 Å². The summed E-state index contributed by atoms with van der Waals surface area (Å²) in [6, 6.07) is 13.3. The average molecular weight is 349 g/mol. The second-order valence-electron chi connectivity index (χ2n) is 4.32. The maximum absolute atomic E-state index is 12.2. The lowest BCUT2D eigenvalue weighted by Crippen LogP contribution is -2.31. The number of rotatable bonds is 3. The van der Waals surface area contributed by atoms with Crippen molar-refractivity contribution in [2.24, 2.45) is 0 Å². The molecule has 2 amide bonds. The second kappa shape index (κ2) is 6.41. The van der Waals surface area contributed by atoms with E-state index in [0.29, 0.717) is 10.2 Å². The molecule has 0 aromatic heterocycles. The summed E-state index contributed by atoms with van der Waals surface area (Å²) in [6.45, 7) is 0. The lowest BCUT2D eigenvalue weighted by Gasteiger charge is -2.18. The number of nitrogens with zero attached hydrogens (tertiary/aromatic N) is 1. The molecular weight excluding hydrogens is 336 g/mol. The molecule has 0 aliphatic carbocycles. The normalized spacial score (nSPS) is 10.0. The van der Waals surface area contributed by atoms with Crippen LogP contribution in [0.5, 0.6) is 0 Å². The van der Waals surface area contributed by atoms with Crippen LogP contribution in [0.1, 0.15) is 10.4 Å². The van der Waals surface area contributed by atoms with Crippen molar-refractivity contribution in [3.63, 3.8) is 0 Å². The van der Waals surface area contributed by atoms with E-state index >= 15 is 0 Å². The van der Waals surface area contributed by atoms with Gasteiger partial charge in [-0.25, -0.2) is 9.59 Å². The molecule has 5 nitrogen and oxygen atoms in total. The smallest absolute Gasteiger partial charge is 0.337 e. The molecule has 2 N–H and O–H groups in total. The number of hydrogen-bond acceptors (Lipinski definition) is 2. The third-order valence-electron chi connectivity index (χ3n) is 2.90. The van der Waals surface area contributed by atoms with E-state index in [1.54, 1.807) is 31.3 Å². The van der Waals surface area contributed by atoms with Crippen molar-refractivity contribution in [1.82, 2.24) is 0 Å². The molecule has 0 saturated heterocycles. The van der Waals surface area contributed by atoms with Crippen LogP contribution in [0.3, 0.4) is 0 Å². The highest BCUT2D eigenvalue weighted by Crippen LogP contribution is 2.22. The average Bonchev–Trinajstić information content (AvgIpc) is 2.47. The van der Waals surface area contributed by atoms with Gasteiger partial charge in [0.1, 0.15) is 0 Å². The van der Waals surface area contributed by atoms with Crippen molar-refractivity contribution < 1.29 is 14.7 Å². The molecule has 2 rings (SSSR count). The Bertz CT molecular complexity index is 674. The maximum atomic E-state index is 12.2. The van der Waals surface area contributed by atoms with Crippen LogP contribution >= 0.6 is 15.9 Å². The minimum Gasteiger partial charge on any atom is -0.478 e. The van der Waals surface area contributed by atoms with Crippen LogP contribution in [0.25, 0.3) is 0 Å². The first-order valence-electron chi connectivity index (χ1n) is 6.11. The fraction of sp³-hybridized carbons (Fsp3) is 0.0667. The number of para-hydroxylation sites is 1. The van der Waals surface area contributed by atoms with E-state index in [4.69, 9.17) is 5.11 Å². The number of aromatic carboxylic acids is 1. The number of benzene rings is 2. The quantitative estimate of drug-likeness (QED) is 0.885. The van der Waals surface area contributed by atoms with Crippen LogP contribution in [0.15, 0.2) is 53.0 Å². The third kappa shape index (κ3) is 3.61. The summed E-state index contributed by atoms with van der Waals surface area (Å²) < 4.78 is 0.685. The minimum absolute atomic E-state index is 0.0352. The highest BCUT2D eigenvalue weighted by atomic mass is 79.9. The van der Waals surface area contributed by atoms with E-state index in [9.17, 15) is 9.59 Å². The standard InChI is InChI=1S/C15H13BrN2O3/c1-18(11-5-3-2-4-6-11)15(21)17-13-9-10(16)7-8-12(13)14(19)20/h2-9H,1H3,(H,17,21)(H,19,20). The van der Waals surface area contributed by atoms with E-state index < -0.39 is 12.0 Å². The number of hydrogen-bond donors (Lipinski definition) is 2. The van der Waals surface area contributed by atoms with Crippen LogP contribution in [0.2, 0.25) is 0 Å². The van der Waals surface area contributed by atoms with Gasteiger partial charge < -0.3 is 10.4 Å². The van der Waals surface area contributed by atoms with Gasteiger partial charge in [-0.3, -0.25) is 4.90 Å². The molecule has 0 atom stereocenters. The number of carboxylic acids is 1. The van der Waals surface area contributed by atoms with E-state index in [-0.39, 0.29) is 11.3 Å². The monoisotopic (exact) mass is 348 g/mol. The van der Waals surface area contributed by atoms with Crippen LogP contribution in [0, 0.1) is 0 Å². The SMILES string of the molecule is CN(C(=O)Nc1cc(Br)ccc1C(=O)O)c1ccccc1. The van der Waals surface area contributed by atoms with E-state index in [2.05, 4.69) is 21.2 Å². The van der Waals surface area contributed by atoms with Gasteiger partial charge in [0.25, 0.3) is 0 Å². The van der Waals surface area contributed by atoms with Crippen LogP contribution in [-0.2, 0) is 0 Å². The topological polar surface area (TPSA) is 69.6 Å². The molecule has 0 bridgehead atoms. The Morgan fingerprint density at radius 3 is 2.43 bits per heavy atom. The Labute approximate surface area is 130 Å². The number of anilines is 2. The zero-order valence-corrected chi connectivity index (χ0v) is 12.8. The molecule has 2 aromatic carbocycles. The summed E-state index contributed by atoms with van der Waals surface area (Å²) >= 11 is 3.26. The summed E-state index contributed by atoms with van der Waals surface area (Å²) in [4.78, 5) is 24.8. The molecule has 0 aliphatic rings. The molecule has 108 valence electrons. The first-order chi connectivity index (χ1) is 9.99. The summed E-state index contributed by atoms with van der Waals surface area (Å²) in [5.74, 6) is -1.10. The van der Waals surface area contributed by atoms with Crippen molar-refractivity contribution >= 4 is 39.3 Å². The molecule has 6 heteroatoms. The van der Waals surface area contributed by atoms with Gasteiger partial charge in [0.05, 0.1) is 11.3 Å². The van der Waals surface area contributed by atoms with E-state index in [1.165, 1.54) is 11.0 Å². The molecule has 0 spiro atoms. The predicted molar refractivity (Wildman–Crippen MR) is 85.0 cm³/mol. The van der Waals surface area contributed by atoms with E-state index in [0.717, 1.165) is 0 Å². The summed E-state index contributed by atoms with van der Waals surface area (Å²) in [5.41, 5.74) is 0.986. The molecule has 21 heavy (non-hydrogen) atoms. The fourth-order valence-electron chi connectivity index (χ4n) is 1.77. The molecule has 0 unspecified atom stereocenters. The number of carbonyl (C=O) groups is 2. The molecule has 0 saturated carbocycles. The molecule has 0 aliphatic heterocycles. The highest BCUT2D eigenvalue weighted by molar-refractivity contribution is 9.10. The van der Waals surface area contributed by atoms with Crippen LogP contribution in [0.4, 0.5) is 16.2 Å². The first-order valence-corrected chi connectivity index (χ1v) is 6.91. The number of amides is 2. The minimum atomic E-state index is -1.10. The maximum Gasteiger partial charge on any atom is 0.337 e. The third-order valence-corrected chi connectivity index (χ3v) is 3.40. The summed E-state index contributed by atoms with van der Waals surface area (Å²) in [7, 11) is 1.61. The number of carboxylic acid groups (broad SMARTS) is 1. The number of halogens is 1. The lowest BCUT2D eigenvalue weighted by molar-refractivity contribution is 0.0698. The number of urea groups is 1. The highest BCUT2D eigenvalue weighted by Gasteiger charge is 2.16. The van der Waals surface area contributed by atoms with Gasteiger partial charge in [0.2, 0.25) is 0 Å². The number of carbonyl (C=O) groups excluding carboxylic acids is 1. The van der Waals surface area contributed by atoms with Gasteiger partial charge >= 0.3 is 12.0 Å². The first kappa shape index (κ1) is 15.1. The second-order valence-corrected chi connectivity index (χ2v) is 5.24. The Balaban J connectivity index is 2.24. The zero-order valence-electron chi connectivity index (χ0n) is 11.2. The Morgan fingerprint density at radius 1 is 1.14 bits per heavy atom. The van der Waals surface area contributed by atoms with Crippen LogP contribution in [-0.4, -0.2) is 24.2 Å². The van der Waals surface area contributed by atoms with Crippen molar-refractivity contribution in [2.45, 2.75) is 0 Å². The Morgan fingerprint density at radius 2 is 1.81 bits per heavy atom. The van der Waals surface area contributed by atoms with Crippen LogP contribution < -0.4 is 10.2 Å². The summed E-state index contributed by atoms with van der Waals surface area (Å²) in [5, 5.41) is 11.8. The molecule has 0 radical (unpaired) electrons. The molecule has 2 aromatic rings. The molecule has 0 fully saturated rings. The molecule has 0 heterocycles. The predicted octanol–water partition coefficient (Wildman–Crippen LogP) is 3.82. The van der Waals surface area contributed by atoms with Crippen molar-refractivity contribution in [3.8, 4) is 0 Å². The van der Waals surface area contributed by atoms with Gasteiger partial charge in [0.15, 0.2) is 0 Å². The number of nitrogens with one attached hydrogen (secondary N) is 1. The summed E-state index contributed by atoms with van der Waals surface area (Å²) in [6.07, 6.45) is 0. The lowest BCUT2D eigenvalue weighted by atomic mass is 10.2. The Kier molecular flexibility index (Phi) is 4.59. The molecular formula is C15H13BrN2O3. The zero-order chi connectivity index (χ0) is 15.4. The van der Waals surface area contributed by atoms with Crippen molar-refractivity contribution in [1.29, 1.82) is 0 Å². The van der Waals surface area contributed by atoms with Gasteiger partial charge in [-0.2, -0.15) is 0 Å². The van der Waals surface area contributed by atoms with Gasteiger partial charge in [0, 0.05) is 17.2 Å². The van der Waals surface area contributed by atoms with Gasteiger partial charge in [-0.05, 0) is 30.3 Å². The van der Waals surface area contributed by atoms with Crippen molar-refractivity contribution in [3.05, 3.63) is 58.6 Å². The van der Waals surface area contributed by atoms with Gasteiger partial charge in [-0.15, -0.1) is 0 Å². The Hall–Kier alpha value is -2.34. The van der Waals surface area contributed by atoms with E-state index in [1.807, 2.05) is 18.2 Å². The fourth-order valence-corrected chi connectivity index (χ4v) is 2.14. The largest absolute Gasteiger partial charge is 0.478 e. The van der Waals surface area contributed by atoms with Gasteiger partial charge in [-0.1, -0.05) is 34.1 Å².